The molecule has 0 aliphatic heterocycles. The Hall–Kier alpha value is -2.82. The number of methoxy groups -OCH3 is 1. The lowest BCUT2D eigenvalue weighted by Crippen LogP contribution is -2.16. The van der Waals surface area contributed by atoms with Crippen LogP contribution in [0.4, 0.5) is 0 Å². The van der Waals surface area contributed by atoms with Gasteiger partial charge in [0, 0.05) is 6.42 Å². The van der Waals surface area contributed by atoms with Crippen molar-refractivity contribution in [1.82, 2.24) is 5.43 Å². The van der Waals surface area contributed by atoms with Crippen LogP contribution < -0.4 is 14.9 Å². The van der Waals surface area contributed by atoms with E-state index in [4.69, 9.17) is 9.47 Å². The molecule has 0 aromatic heterocycles. The SMILES string of the molecule is CCCCC(=O)N/N=C/c1ccc(OCc2ccc(C)cc2)c(OC)c1. The molecule has 1 N–H and O–H groups in total. The molecule has 0 heterocycles. The molecule has 2 aromatic carbocycles. The van der Waals surface area contributed by atoms with Crippen LogP contribution >= 0.6 is 0 Å². The van der Waals surface area contributed by atoms with E-state index in [9.17, 15) is 4.79 Å². The summed E-state index contributed by atoms with van der Waals surface area (Å²) in [6.45, 7) is 4.57. The first-order valence-electron chi connectivity index (χ1n) is 8.80. The van der Waals surface area contributed by atoms with Crippen LogP contribution in [0, 0.1) is 6.92 Å². The molecular weight excluding hydrogens is 328 g/mol. The van der Waals surface area contributed by atoms with E-state index < -0.39 is 0 Å². The molecule has 0 radical (unpaired) electrons. The number of hydrogen-bond acceptors (Lipinski definition) is 4. The third-order valence-corrected chi connectivity index (χ3v) is 3.86. The average molecular weight is 354 g/mol. The fourth-order valence-corrected chi connectivity index (χ4v) is 2.30. The average Bonchev–Trinajstić information content (AvgIpc) is 2.66. The number of aryl methyl sites for hydroxylation is 1. The van der Waals surface area contributed by atoms with E-state index in [1.54, 1.807) is 13.3 Å². The van der Waals surface area contributed by atoms with Crippen LogP contribution in [0.15, 0.2) is 47.6 Å². The van der Waals surface area contributed by atoms with E-state index in [0.29, 0.717) is 24.5 Å². The predicted octanol–water partition coefficient (Wildman–Crippen LogP) is 4.22. The fourth-order valence-electron chi connectivity index (χ4n) is 2.30. The molecule has 0 aliphatic rings. The van der Waals surface area contributed by atoms with E-state index in [1.807, 2.05) is 37.3 Å². The first-order chi connectivity index (χ1) is 12.6. The van der Waals surface area contributed by atoms with Crippen LogP contribution in [0.1, 0.15) is 42.9 Å². The zero-order valence-corrected chi connectivity index (χ0v) is 15.6. The summed E-state index contributed by atoms with van der Waals surface area (Å²) >= 11 is 0. The van der Waals surface area contributed by atoms with Crippen molar-refractivity contribution in [2.45, 2.75) is 39.7 Å². The Labute approximate surface area is 155 Å². The second-order valence-electron chi connectivity index (χ2n) is 6.08. The van der Waals surface area contributed by atoms with Gasteiger partial charge in [-0.3, -0.25) is 4.79 Å². The summed E-state index contributed by atoms with van der Waals surface area (Å²) in [5.74, 6) is 1.21. The largest absolute Gasteiger partial charge is 0.493 e. The Balaban J connectivity index is 1.95. The molecule has 0 spiro atoms. The number of amides is 1. The van der Waals surface area contributed by atoms with Gasteiger partial charge in [-0.15, -0.1) is 0 Å². The molecule has 2 rings (SSSR count). The van der Waals surface area contributed by atoms with Gasteiger partial charge in [0.2, 0.25) is 5.91 Å². The van der Waals surface area contributed by atoms with Crippen molar-refractivity contribution in [3.05, 3.63) is 59.2 Å². The highest BCUT2D eigenvalue weighted by molar-refractivity contribution is 5.83. The molecule has 0 saturated carbocycles. The summed E-state index contributed by atoms with van der Waals surface area (Å²) < 4.78 is 11.3. The highest BCUT2D eigenvalue weighted by Crippen LogP contribution is 2.28. The molecule has 0 unspecified atom stereocenters. The van der Waals surface area contributed by atoms with Crippen molar-refractivity contribution in [2.24, 2.45) is 5.10 Å². The number of carbonyl (C=O) groups excluding carboxylic acids is 1. The molecule has 0 aliphatic carbocycles. The van der Waals surface area contributed by atoms with E-state index in [2.05, 4.69) is 29.6 Å². The molecule has 0 fully saturated rings. The van der Waals surface area contributed by atoms with Crippen molar-refractivity contribution in [3.8, 4) is 11.5 Å². The molecule has 0 atom stereocenters. The van der Waals surface area contributed by atoms with E-state index in [0.717, 1.165) is 24.0 Å². The Morgan fingerprint density at radius 3 is 2.62 bits per heavy atom. The lowest BCUT2D eigenvalue weighted by molar-refractivity contribution is -0.121. The maximum atomic E-state index is 11.5. The number of nitrogens with one attached hydrogen (secondary N) is 1. The van der Waals surface area contributed by atoms with Crippen LogP contribution in [-0.4, -0.2) is 19.2 Å². The molecule has 1 amide bonds. The third-order valence-electron chi connectivity index (χ3n) is 3.86. The van der Waals surface area contributed by atoms with Crippen molar-refractivity contribution in [2.75, 3.05) is 7.11 Å². The first kappa shape index (κ1) is 19.5. The summed E-state index contributed by atoms with van der Waals surface area (Å²) in [5, 5.41) is 3.98. The smallest absolute Gasteiger partial charge is 0.240 e. The topological polar surface area (TPSA) is 59.9 Å². The first-order valence-corrected chi connectivity index (χ1v) is 8.80. The molecule has 0 bridgehead atoms. The maximum absolute atomic E-state index is 11.5. The lowest BCUT2D eigenvalue weighted by Gasteiger charge is -2.11. The van der Waals surface area contributed by atoms with Gasteiger partial charge in [-0.25, -0.2) is 5.43 Å². The lowest BCUT2D eigenvalue weighted by atomic mass is 10.2. The Kier molecular flexibility index (Phi) is 7.68. The second kappa shape index (κ2) is 10.2. The van der Waals surface area contributed by atoms with Gasteiger partial charge in [-0.2, -0.15) is 5.10 Å². The van der Waals surface area contributed by atoms with Gasteiger partial charge < -0.3 is 9.47 Å². The number of unbranched alkanes of at least 4 members (excludes halogenated alkanes) is 1. The standard InChI is InChI=1S/C21H26N2O3/c1-4-5-6-21(24)23-22-14-18-11-12-19(20(13-18)25-3)26-15-17-9-7-16(2)8-10-17/h7-14H,4-6,15H2,1-3H3,(H,23,24)/b22-14+. The van der Waals surface area contributed by atoms with Crippen LogP contribution in [0.2, 0.25) is 0 Å². The predicted molar refractivity (Wildman–Crippen MR) is 104 cm³/mol. The molecule has 0 saturated heterocycles. The number of carbonyl (C=O) groups is 1. The minimum Gasteiger partial charge on any atom is -0.493 e. The molecule has 2 aromatic rings. The zero-order chi connectivity index (χ0) is 18.8. The summed E-state index contributed by atoms with van der Waals surface area (Å²) in [6, 6.07) is 13.7. The zero-order valence-electron chi connectivity index (χ0n) is 15.6. The van der Waals surface area contributed by atoms with Gasteiger partial charge in [-0.05, 0) is 42.7 Å². The molecule has 5 nitrogen and oxygen atoms in total. The third kappa shape index (κ3) is 6.24. The van der Waals surface area contributed by atoms with Crippen molar-refractivity contribution in [3.63, 3.8) is 0 Å². The van der Waals surface area contributed by atoms with Crippen molar-refractivity contribution >= 4 is 12.1 Å². The second-order valence-corrected chi connectivity index (χ2v) is 6.08. The molecule has 5 heteroatoms. The van der Waals surface area contributed by atoms with E-state index in [1.165, 1.54) is 5.56 Å². The summed E-state index contributed by atoms with van der Waals surface area (Å²) in [5.41, 5.74) is 5.66. The van der Waals surface area contributed by atoms with Gasteiger partial charge in [0.05, 0.1) is 13.3 Å². The van der Waals surface area contributed by atoms with Crippen molar-refractivity contribution in [1.29, 1.82) is 0 Å². The Bertz CT molecular complexity index is 739. The van der Waals surface area contributed by atoms with E-state index >= 15 is 0 Å². The summed E-state index contributed by atoms with van der Waals surface area (Å²) in [6.07, 6.45) is 3.93. The molecule has 138 valence electrons. The van der Waals surface area contributed by atoms with Gasteiger partial charge >= 0.3 is 0 Å². The van der Waals surface area contributed by atoms with Gasteiger partial charge in [0.25, 0.3) is 0 Å². The monoisotopic (exact) mass is 354 g/mol. The minimum absolute atomic E-state index is 0.0758. The van der Waals surface area contributed by atoms with Crippen LogP contribution in [0.25, 0.3) is 0 Å². The maximum Gasteiger partial charge on any atom is 0.240 e. The quantitative estimate of drug-likeness (QED) is 0.542. The molecular formula is C21H26N2O3. The number of ether oxygens (including phenoxy) is 2. The summed E-state index contributed by atoms with van der Waals surface area (Å²) in [7, 11) is 1.60. The van der Waals surface area contributed by atoms with Crippen LogP contribution in [0.3, 0.4) is 0 Å². The number of benzene rings is 2. The normalized spacial score (nSPS) is 10.7. The number of rotatable bonds is 9. The summed E-state index contributed by atoms with van der Waals surface area (Å²) in [4.78, 5) is 11.5. The minimum atomic E-state index is -0.0758. The number of nitrogens with zero attached hydrogens (tertiary/aromatic N) is 1. The van der Waals surface area contributed by atoms with E-state index in [-0.39, 0.29) is 5.91 Å². The number of hydrogen-bond donors (Lipinski definition) is 1. The number of hydrazone groups is 1. The van der Waals surface area contributed by atoms with Gasteiger partial charge in [0.15, 0.2) is 11.5 Å². The highest BCUT2D eigenvalue weighted by atomic mass is 16.5. The van der Waals surface area contributed by atoms with Gasteiger partial charge in [0.1, 0.15) is 6.61 Å². The Morgan fingerprint density at radius 1 is 1.15 bits per heavy atom. The van der Waals surface area contributed by atoms with Crippen LogP contribution in [-0.2, 0) is 11.4 Å². The molecule has 26 heavy (non-hydrogen) atoms. The van der Waals surface area contributed by atoms with Crippen LogP contribution in [0.5, 0.6) is 11.5 Å². The Morgan fingerprint density at radius 2 is 1.92 bits per heavy atom. The highest BCUT2D eigenvalue weighted by Gasteiger charge is 2.06. The fraction of sp³-hybridized carbons (Fsp3) is 0.333. The van der Waals surface area contributed by atoms with Crippen molar-refractivity contribution < 1.29 is 14.3 Å². The van der Waals surface area contributed by atoms with Gasteiger partial charge in [-0.1, -0.05) is 43.2 Å².